The van der Waals surface area contributed by atoms with Gasteiger partial charge in [0.2, 0.25) is 5.91 Å². The van der Waals surface area contributed by atoms with E-state index in [1.54, 1.807) is 12.4 Å². The first kappa shape index (κ1) is 17.6. The van der Waals surface area contributed by atoms with Crippen LogP contribution in [-0.4, -0.2) is 22.4 Å². The number of nitrogens with one attached hydrogen (secondary N) is 3. The van der Waals surface area contributed by atoms with Gasteiger partial charge in [-0.1, -0.05) is 12.1 Å². The number of H-pyrrole nitrogens is 1. The van der Waals surface area contributed by atoms with Crippen LogP contribution in [0.2, 0.25) is 0 Å². The number of amides is 1. The maximum Gasteiger partial charge on any atom is 0.243 e. The average Bonchev–Trinajstić information content (AvgIpc) is 3.13. The lowest BCUT2D eigenvalue weighted by atomic mass is 10.0. The highest BCUT2D eigenvalue weighted by molar-refractivity contribution is 5.94. The zero-order chi connectivity index (χ0) is 18.5. The Hall–Kier alpha value is -3.22. The highest BCUT2D eigenvalue weighted by Gasteiger charge is 2.10. The molecule has 0 spiro atoms. The lowest BCUT2D eigenvalue weighted by Gasteiger charge is -2.13. The summed E-state index contributed by atoms with van der Waals surface area (Å²) in [6.45, 7) is 1.86. The van der Waals surface area contributed by atoms with Gasteiger partial charge in [-0.05, 0) is 36.2 Å². The number of imidazole rings is 1. The largest absolute Gasteiger partial charge is 0.376 e. The molecular weight excluding hydrogens is 338 g/mol. The van der Waals surface area contributed by atoms with E-state index in [0.29, 0.717) is 17.8 Å². The van der Waals surface area contributed by atoms with Gasteiger partial charge in [-0.15, -0.1) is 0 Å². The molecule has 134 valence electrons. The number of carbonyl (C=O) groups is 1. The zero-order valence-electron chi connectivity index (χ0n) is 14.1. The molecule has 7 heteroatoms. The molecule has 1 heterocycles. The van der Waals surface area contributed by atoms with Crippen LogP contribution in [0, 0.1) is 18.6 Å². The minimum atomic E-state index is -0.961. The molecule has 0 fully saturated rings. The topological polar surface area (TPSA) is 69.8 Å². The zero-order valence-corrected chi connectivity index (χ0v) is 14.1. The first-order chi connectivity index (χ1) is 12.5. The molecule has 0 saturated carbocycles. The van der Waals surface area contributed by atoms with Crippen molar-refractivity contribution in [3.63, 3.8) is 0 Å². The number of nitrogens with zero attached hydrogens (tertiary/aromatic N) is 1. The molecule has 1 amide bonds. The van der Waals surface area contributed by atoms with E-state index in [9.17, 15) is 13.6 Å². The Morgan fingerprint density at radius 1 is 1.19 bits per heavy atom. The molecule has 1 aromatic heterocycles. The Morgan fingerprint density at radius 2 is 2.04 bits per heavy atom. The Balaban J connectivity index is 1.62. The summed E-state index contributed by atoms with van der Waals surface area (Å²) in [4.78, 5) is 19.4. The fraction of sp³-hybridized carbons (Fsp3) is 0.158. The van der Waals surface area contributed by atoms with Crippen molar-refractivity contribution in [2.45, 2.75) is 13.3 Å². The third kappa shape index (κ3) is 4.24. The Kier molecular flexibility index (Phi) is 5.26. The van der Waals surface area contributed by atoms with E-state index in [2.05, 4.69) is 20.6 Å². The van der Waals surface area contributed by atoms with Gasteiger partial charge in [0.05, 0.1) is 6.54 Å². The van der Waals surface area contributed by atoms with Crippen LogP contribution in [0.4, 0.5) is 20.2 Å². The van der Waals surface area contributed by atoms with E-state index in [-0.39, 0.29) is 12.5 Å². The van der Waals surface area contributed by atoms with E-state index in [1.807, 2.05) is 25.1 Å². The molecule has 0 radical (unpaired) electrons. The molecular formula is C19H18F2N4O. The van der Waals surface area contributed by atoms with Crippen LogP contribution >= 0.6 is 0 Å². The van der Waals surface area contributed by atoms with Crippen molar-refractivity contribution < 1.29 is 13.6 Å². The Bertz CT molecular complexity index is 910. The minimum absolute atomic E-state index is 0.0626. The maximum absolute atomic E-state index is 13.2. The van der Waals surface area contributed by atoms with Crippen LogP contribution in [-0.2, 0) is 11.2 Å². The summed E-state index contributed by atoms with van der Waals surface area (Å²) in [7, 11) is 0. The van der Waals surface area contributed by atoms with Gasteiger partial charge in [0, 0.05) is 36.3 Å². The van der Waals surface area contributed by atoms with Crippen molar-refractivity contribution >= 4 is 17.3 Å². The quantitative estimate of drug-likeness (QED) is 0.632. The molecule has 0 aliphatic carbocycles. The van der Waals surface area contributed by atoms with E-state index in [0.717, 1.165) is 29.1 Å². The molecule has 26 heavy (non-hydrogen) atoms. The van der Waals surface area contributed by atoms with Crippen molar-refractivity contribution in [1.29, 1.82) is 0 Å². The first-order valence-corrected chi connectivity index (χ1v) is 8.08. The second kappa shape index (κ2) is 7.77. The van der Waals surface area contributed by atoms with Crippen molar-refractivity contribution in [3.05, 3.63) is 77.4 Å². The fourth-order valence-electron chi connectivity index (χ4n) is 2.57. The Labute approximate surface area is 149 Å². The number of aromatic nitrogens is 2. The number of rotatable bonds is 6. The molecule has 3 rings (SSSR count). The number of carbonyl (C=O) groups excluding carboxylic acids is 1. The number of hydrogen-bond acceptors (Lipinski definition) is 3. The van der Waals surface area contributed by atoms with Crippen LogP contribution in [0.15, 0.2) is 48.8 Å². The summed E-state index contributed by atoms with van der Waals surface area (Å²) in [5.41, 5.74) is 3.03. The molecule has 3 aromatic rings. The van der Waals surface area contributed by atoms with E-state index in [1.165, 1.54) is 6.07 Å². The highest BCUT2D eigenvalue weighted by Crippen LogP contribution is 2.21. The molecule has 0 bridgehead atoms. The van der Waals surface area contributed by atoms with Crippen molar-refractivity contribution in [1.82, 2.24) is 9.97 Å². The summed E-state index contributed by atoms with van der Waals surface area (Å²) < 4.78 is 26.1. The van der Waals surface area contributed by atoms with Crippen LogP contribution < -0.4 is 10.6 Å². The van der Waals surface area contributed by atoms with Gasteiger partial charge in [0.25, 0.3) is 0 Å². The second-order valence-electron chi connectivity index (χ2n) is 5.83. The molecule has 5 nitrogen and oxygen atoms in total. The van der Waals surface area contributed by atoms with Crippen molar-refractivity contribution in [2.24, 2.45) is 0 Å². The fourth-order valence-corrected chi connectivity index (χ4v) is 2.57. The normalized spacial score (nSPS) is 10.6. The number of hydrogen-bond donors (Lipinski definition) is 3. The smallest absolute Gasteiger partial charge is 0.243 e. The first-order valence-electron chi connectivity index (χ1n) is 8.08. The average molecular weight is 356 g/mol. The van der Waals surface area contributed by atoms with Gasteiger partial charge in [-0.3, -0.25) is 4.79 Å². The maximum atomic E-state index is 13.2. The number of benzene rings is 2. The van der Waals surface area contributed by atoms with Gasteiger partial charge in [0.15, 0.2) is 11.6 Å². The van der Waals surface area contributed by atoms with Crippen molar-refractivity contribution in [2.75, 3.05) is 17.2 Å². The number of anilines is 2. The molecule has 2 aromatic carbocycles. The predicted octanol–water partition coefficient (Wildman–Crippen LogP) is 3.64. The monoisotopic (exact) mass is 356 g/mol. The van der Waals surface area contributed by atoms with Gasteiger partial charge in [-0.25, -0.2) is 13.8 Å². The molecule has 0 atom stereocenters. The molecule has 0 saturated heterocycles. The third-order valence-corrected chi connectivity index (χ3v) is 4.01. The van der Waals surface area contributed by atoms with Crippen LogP contribution in [0.25, 0.3) is 0 Å². The molecule has 0 aliphatic rings. The standard InChI is InChI=1S/C19H18F2N4O/c1-12-13(9-18-22-7-8-23-18)3-2-4-17(12)25-19(26)11-24-14-5-6-15(20)16(21)10-14/h2-8,10,24H,9,11H2,1H3,(H,22,23)(H,25,26). The van der Waals surface area contributed by atoms with E-state index < -0.39 is 11.6 Å². The summed E-state index contributed by atoms with van der Waals surface area (Å²) in [5, 5.41) is 5.60. The summed E-state index contributed by atoms with van der Waals surface area (Å²) in [6, 6.07) is 9.06. The lowest BCUT2D eigenvalue weighted by molar-refractivity contribution is -0.114. The SMILES string of the molecule is Cc1c(Cc2ncc[nH]2)cccc1NC(=O)CNc1ccc(F)c(F)c1. The molecule has 0 aliphatic heterocycles. The third-order valence-electron chi connectivity index (χ3n) is 4.01. The van der Waals surface area contributed by atoms with Crippen LogP contribution in [0.3, 0.4) is 0 Å². The van der Waals surface area contributed by atoms with Crippen LogP contribution in [0.5, 0.6) is 0 Å². The Morgan fingerprint density at radius 3 is 2.77 bits per heavy atom. The summed E-state index contributed by atoms with van der Waals surface area (Å²) in [5.74, 6) is -1.33. The lowest BCUT2D eigenvalue weighted by Crippen LogP contribution is -2.22. The summed E-state index contributed by atoms with van der Waals surface area (Å²) in [6.07, 6.45) is 4.09. The molecule has 0 unspecified atom stereocenters. The minimum Gasteiger partial charge on any atom is -0.376 e. The molecule has 3 N–H and O–H groups in total. The number of aromatic amines is 1. The van der Waals surface area contributed by atoms with Gasteiger partial charge in [0.1, 0.15) is 5.82 Å². The predicted molar refractivity (Wildman–Crippen MR) is 96.1 cm³/mol. The number of halogens is 2. The van der Waals surface area contributed by atoms with Gasteiger partial charge >= 0.3 is 0 Å². The van der Waals surface area contributed by atoms with E-state index in [4.69, 9.17) is 0 Å². The second-order valence-corrected chi connectivity index (χ2v) is 5.83. The van der Waals surface area contributed by atoms with Crippen molar-refractivity contribution in [3.8, 4) is 0 Å². The van der Waals surface area contributed by atoms with E-state index >= 15 is 0 Å². The summed E-state index contributed by atoms with van der Waals surface area (Å²) >= 11 is 0. The highest BCUT2D eigenvalue weighted by atomic mass is 19.2. The van der Waals surface area contributed by atoms with Crippen LogP contribution in [0.1, 0.15) is 17.0 Å². The van der Waals surface area contributed by atoms with Gasteiger partial charge < -0.3 is 15.6 Å². The van der Waals surface area contributed by atoms with Gasteiger partial charge in [-0.2, -0.15) is 0 Å².